The molecule has 4 nitrogen and oxygen atoms in total. The van der Waals surface area contributed by atoms with Crippen LogP contribution in [0.5, 0.6) is 0 Å². The summed E-state index contributed by atoms with van der Waals surface area (Å²) in [6, 6.07) is 0. The maximum absolute atomic E-state index is 12.2. The molecular weight excluding hydrogens is 400 g/mol. The third-order valence-corrected chi connectivity index (χ3v) is 6.31. The second-order valence-electron chi connectivity index (χ2n) is 9.59. The minimum atomic E-state index is -0.690. The number of carbonyl (C=O) groups excluding carboxylic acids is 1. The summed E-state index contributed by atoms with van der Waals surface area (Å²) >= 11 is 0. The number of hydrogen-bond acceptors (Lipinski definition) is 3. The van der Waals surface area contributed by atoms with Gasteiger partial charge in [0.25, 0.3) is 0 Å². The molecule has 0 aliphatic rings. The van der Waals surface area contributed by atoms with Crippen LogP contribution in [-0.2, 0) is 14.3 Å². The molecule has 0 heterocycles. The molecule has 0 rings (SSSR count). The van der Waals surface area contributed by atoms with Gasteiger partial charge in [-0.15, -0.1) is 0 Å². The molecule has 0 amide bonds. The quantitative estimate of drug-likeness (QED) is 0.110. The minimum absolute atomic E-state index is 0.00203. The number of hydrogen-bond donors (Lipinski definition) is 1. The zero-order valence-corrected chi connectivity index (χ0v) is 21.5. The van der Waals surface area contributed by atoms with E-state index in [9.17, 15) is 9.59 Å². The molecule has 190 valence electrons. The number of carbonyl (C=O) groups is 2. The summed E-state index contributed by atoms with van der Waals surface area (Å²) in [6.45, 7) is 4.42. The SMILES string of the molecule is CCCCCCCCCCCCCC(=O)OC(CCC)CCCCCCCCCC(=O)O. The largest absolute Gasteiger partial charge is 0.481 e. The van der Waals surface area contributed by atoms with E-state index in [4.69, 9.17) is 9.84 Å². The van der Waals surface area contributed by atoms with Crippen molar-refractivity contribution in [2.45, 2.75) is 168 Å². The summed E-state index contributed by atoms with van der Waals surface area (Å²) in [4.78, 5) is 22.7. The van der Waals surface area contributed by atoms with E-state index in [-0.39, 0.29) is 12.1 Å². The van der Waals surface area contributed by atoms with Crippen molar-refractivity contribution in [1.29, 1.82) is 0 Å². The number of esters is 1. The Morgan fingerprint density at radius 3 is 1.47 bits per heavy atom. The number of ether oxygens (including phenoxy) is 1. The molecule has 0 aromatic heterocycles. The number of carboxylic acid groups (broad SMARTS) is 1. The van der Waals surface area contributed by atoms with Crippen molar-refractivity contribution in [3.63, 3.8) is 0 Å². The standard InChI is InChI=1S/C28H54O4/c1-3-5-6-7-8-9-10-11-15-18-21-25-28(31)32-26(22-4-2)23-19-16-13-12-14-17-20-24-27(29)30/h26H,3-25H2,1-2H3,(H,29,30). The Morgan fingerprint density at radius 1 is 0.562 bits per heavy atom. The van der Waals surface area contributed by atoms with Gasteiger partial charge in [-0.3, -0.25) is 9.59 Å². The van der Waals surface area contributed by atoms with E-state index in [0.29, 0.717) is 12.8 Å². The molecule has 1 atom stereocenters. The first-order valence-electron chi connectivity index (χ1n) is 14.0. The maximum atomic E-state index is 12.2. The lowest BCUT2D eigenvalue weighted by atomic mass is 10.0. The van der Waals surface area contributed by atoms with Crippen LogP contribution in [0.2, 0.25) is 0 Å². The smallest absolute Gasteiger partial charge is 0.306 e. The third-order valence-electron chi connectivity index (χ3n) is 6.31. The molecule has 0 radical (unpaired) electrons. The molecule has 1 N–H and O–H groups in total. The van der Waals surface area contributed by atoms with Crippen molar-refractivity contribution in [2.75, 3.05) is 0 Å². The van der Waals surface area contributed by atoms with E-state index in [1.807, 2.05) is 0 Å². The van der Waals surface area contributed by atoms with E-state index in [0.717, 1.165) is 57.8 Å². The van der Waals surface area contributed by atoms with Gasteiger partial charge < -0.3 is 9.84 Å². The fourth-order valence-corrected chi connectivity index (χ4v) is 4.29. The van der Waals surface area contributed by atoms with Gasteiger partial charge in [0.2, 0.25) is 0 Å². The van der Waals surface area contributed by atoms with Crippen LogP contribution in [-0.4, -0.2) is 23.1 Å². The van der Waals surface area contributed by atoms with Crippen molar-refractivity contribution in [2.24, 2.45) is 0 Å². The van der Waals surface area contributed by atoms with Gasteiger partial charge >= 0.3 is 11.9 Å². The van der Waals surface area contributed by atoms with Crippen molar-refractivity contribution in [3.05, 3.63) is 0 Å². The van der Waals surface area contributed by atoms with Crippen LogP contribution in [0.15, 0.2) is 0 Å². The lowest BCUT2D eigenvalue weighted by Gasteiger charge is -2.17. The number of aliphatic carboxylic acids is 1. The first kappa shape index (κ1) is 30.9. The molecule has 0 bridgehead atoms. The molecular formula is C28H54O4. The zero-order chi connectivity index (χ0) is 23.7. The zero-order valence-electron chi connectivity index (χ0n) is 21.5. The molecule has 0 aromatic carbocycles. The molecule has 0 aromatic rings. The molecule has 0 aliphatic heterocycles. The highest BCUT2D eigenvalue weighted by atomic mass is 16.5. The summed E-state index contributed by atoms with van der Waals surface area (Å²) in [6.07, 6.45) is 25.8. The Morgan fingerprint density at radius 2 is 1.00 bits per heavy atom. The van der Waals surface area contributed by atoms with Gasteiger partial charge in [0.15, 0.2) is 0 Å². The Bertz CT molecular complexity index is 422. The average Bonchev–Trinajstić information content (AvgIpc) is 2.76. The number of carboxylic acids is 1. The summed E-state index contributed by atoms with van der Waals surface area (Å²) in [5.74, 6) is -0.692. The number of rotatable bonds is 25. The number of unbranched alkanes of at least 4 members (excludes halogenated alkanes) is 16. The first-order valence-corrected chi connectivity index (χ1v) is 14.0. The lowest BCUT2D eigenvalue weighted by Crippen LogP contribution is -2.18. The van der Waals surface area contributed by atoms with Gasteiger partial charge in [0, 0.05) is 12.8 Å². The van der Waals surface area contributed by atoms with Crippen molar-refractivity contribution in [3.8, 4) is 0 Å². The molecule has 1 unspecified atom stereocenters. The fourth-order valence-electron chi connectivity index (χ4n) is 4.29. The molecule has 0 aliphatic carbocycles. The summed E-state index contributed by atoms with van der Waals surface area (Å²) < 4.78 is 5.77. The van der Waals surface area contributed by atoms with E-state index in [2.05, 4.69) is 13.8 Å². The van der Waals surface area contributed by atoms with Crippen LogP contribution in [0.3, 0.4) is 0 Å². The Balaban J connectivity index is 3.59. The monoisotopic (exact) mass is 454 g/mol. The topological polar surface area (TPSA) is 63.6 Å². The molecule has 0 fully saturated rings. The first-order chi connectivity index (χ1) is 15.6. The summed E-state index contributed by atoms with van der Waals surface area (Å²) in [5.41, 5.74) is 0. The van der Waals surface area contributed by atoms with Gasteiger partial charge in [-0.1, -0.05) is 117 Å². The molecule has 32 heavy (non-hydrogen) atoms. The van der Waals surface area contributed by atoms with Crippen molar-refractivity contribution in [1.82, 2.24) is 0 Å². The van der Waals surface area contributed by atoms with Crippen LogP contribution in [0, 0.1) is 0 Å². The lowest BCUT2D eigenvalue weighted by molar-refractivity contribution is -0.150. The summed E-state index contributed by atoms with van der Waals surface area (Å²) in [5, 5.41) is 8.64. The third kappa shape index (κ3) is 23.6. The Labute approximate surface area is 199 Å². The van der Waals surface area contributed by atoms with Gasteiger partial charge in [-0.2, -0.15) is 0 Å². The van der Waals surface area contributed by atoms with Gasteiger partial charge in [0.05, 0.1) is 0 Å². The van der Waals surface area contributed by atoms with Crippen molar-refractivity contribution < 1.29 is 19.4 Å². The van der Waals surface area contributed by atoms with Crippen LogP contribution in [0.4, 0.5) is 0 Å². The summed E-state index contributed by atoms with van der Waals surface area (Å²) in [7, 11) is 0. The fraction of sp³-hybridized carbons (Fsp3) is 0.929. The van der Waals surface area contributed by atoms with Gasteiger partial charge in [0.1, 0.15) is 6.10 Å². The highest BCUT2D eigenvalue weighted by molar-refractivity contribution is 5.69. The maximum Gasteiger partial charge on any atom is 0.306 e. The second-order valence-corrected chi connectivity index (χ2v) is 9.59. The van der Waals surface area contributed by atoms with Crippen LogP contribution >= 0.6 is 0 Å². The molecule has 0 saturated carbocycles. The highest BCUT2D eigenvalue weighted by Crippen LogP contribution is 2.17. The normalized spacial score (nSPS) is 12.1. The Hall–Kier alpha value is -1.06. The Kier molecular flexibility index (Phi) is 23.8. The van der Waals surface area contributed by atoms with Crippen LogP contribution in [0.25, 0.3) is 0 Å². The van der Waals surface area contributed by atoms with E-state index in [1.54, 1.807) is 0 Å². The van der Waals surface area contributed by atoms with E-state index < -0.39 is 5.97 Å². The van der Waals surface area contributed by atoms with Gasteiger partial charge in [-0.25, -0.2) is 0 Å². The molecule has 0 spiro atoms. The second kappa shape index (κ2) is 24.6. The highest BCUT2D eigenvalue weighted by Gasteiger charge is 2.13. The van der Waals surface area contributed by atoms with Crippen LogP contribution < -0.4 is 0 Å². The van der Waals surface area contributed by atoms with E-state index in [1.165, 1.54) is 77.0 Å². The predicted molar refractivity (Wildman–Crippen MR) is 135 cm³/mol. The molecule has 4 heteroatoms. The van der Waals surface area contributed by atoms with Gasteiger partial charge in [-0.05, 0) is 32.1 Å². The molecule has 0 saturated heterocycles. The average molecular weight is 455 g/mol. The minimum Gasteiger partial charge on any atom is -0.481 e. The van der Waals surface area contributed by atoms with Crippen LogP contribution in [0.1, 0.15) is 162 Å². The predicted octanol–water partition coefficient (Wildman–Crippen LogP) is 8.99. The van der Waals surface area contributed by atoms with E-state index >= 15 is 0 Å². The van der Waals surface area contributed by atoms with Crippen molar-refractivity contribution >= 4 is 11.9 Å².